The number of nitrogens with zero attached hydrogens (tertiary/aromatic N) is 1. The van der Waals surface area contributed by atoms with Gasteiger partial charge in [-0.05, 0) is 6.92 Å². The first-order valence-corrected chi connectivity index (χ1v) is 5.70. The highest BCUT2D eigenvalue weighted by Crippen LogP contribution is 2.16. The molecule has 16 heavy (non-hydrogen) atoms. The Morgan fingerprint density at radius 3 is 3.06 bits per heavy atom. The van der Waals surface area contributed by atoms with Crippen molar-refractivity contribution in [3.05, 3.63) is 11.1 Å². The van der Waals surface area contributed by atoms with Gasteiger partial charge in [-0.3, -0.25) is 14.9 Å². The van der Waals surface area contributed by atoms with Gasteiger partial charge in [-0.15, -0.1) is 11.3 Å². The molecule has 2 heterocycles. The van der Waals surface area contributed by atoms with Gasteiger partial charge in [-0.1, -0.05) is 0 Å². The number of thiazole rings is 1. The molecule has 0 aliphatic carbocycles. The van der Waals surface area contributed by atoms with Gasteiger partial charge in [-0.2, -0.15) is 0 Å². The summed E-state index contributed by atoms with van der Waals surface area (Å²) >= 11 is 1.42. The molecule has 1 aromatic rings. The maximum absolute atomic E-state index is 11.7. The molecule has 1 fully saturated rings. The third kappa shape index (κ3) is 2.56. The van der Waals surface area contributed by atoms with Crippen LogP contribution in [0.15, 0.2) is 6.20 Å². The van der Waals surface area contributed by atoms with Crippen LogP contribution in [-0.4, -0.2) is 35.9 Å². The summed E-state index contributed by atoms with van der Waals surface area (Å²) < 4.78 is 0. The Bertz CT molecular complexity index is 407. The average Bonchev–Trinajstić information content (AvgIpc) is 2.65. The van der Waals surface area contributed by atoms with Crippen molar-refractivity contribution in [2.75, 3.05) is 18.4 Å². The largest absolute Gasteiger partial charge is 0.353 e. The zero-order valence-corrected chi connectivity index (χ0v) is 9.56. The number of amides is 2. The van der Waals surface area contributed by atoms with Crippen LogP contribution >= 0.6 is 11.3 Å². The Balaban J connectivity index is 1.91. The summed E-state index contributed by atoms with van der Waals surface area (Å²) in [7, 11) is 0. The second-order valence-corrected chi connectivity index (χ2v) is 4.74. The molecule has 1 aliphatic rings. The van der Waals surface area contributed by atoms with E-state index < -0.39 is 0 Å². The predicted molar refractivity (Wildman–Crippen MR) is 60.3 cm³/mol. The lowest BCUT2D eigenvalue weighted by Crippen LogP contribution is -2.56. The molecule has 86 valence electrons. The molecule has 1 unspecified atom stereocenters. The zero-order valence-electron chi connectivity index (χ0n) is 8.74. The number of carbonyl (C=O) groups excluding carboxylic acids is 2. The molecule has 2 rings (SSSR count). The maximum Gasteiger partial charge on any atom is 0.245 e. The molecule has 1 saturated heterocycles. The molecular weight excluding hydrogens is 228 g/mol. The normalized spacial score (nSPS) is 20.3. The monoisotopic (exact) mass is 240 g/mol. The van der Waals surface area contributed by atoms with Crippen LogP contribution in [0.2, 0.25) is 0 Å². The van der Waals surface area contributed by atoms with E-state index in [0.717, 1.165) is 4.88 Å². The highest BCUT2D eigenvalue weighted by molar-refractivity contribution is 7.15. The Hall–Kier alpha value is -1.47. The third-order valence-corrected chi connectivity index (χ3v) is 3.01. The number of carbonyl (C=O) groups is 2. The molecule has 7 heteroatoms. The first kappa shape index (κ1) is 11.0. The number of hydrogen-bond donors (Lipinski definition) is 3. The Morgan fingerprint density at radius 2 is 2.50 bits per heavy atom. The molecule has 0 bridgehead atoms. The van der Waals surface area contributed by atoms with Crippen LogP contribution in [0.4, 0.5) is 5.13 Å². The smallest absolute Gasteiger partial charge is 0.245 e. The molecule has 3 N–H and O–H groups in total. The van der Waals surface area contributed by atoms with Crippen LogP contribution in [0.25, 0.3) is 0 Å². The van der Waals surface area contributed by atoms with Crippen LogP contribution in [0.1, 0.15) is 4.88 Å². The number of aromatic nitrogens is 1. The summed E-state index contributed by atoms with van der Waals surface area (Å²) in [6.07, 6.45) is 1.70. The second kappa shape index (κ2) is 4.58. The van der Waals surface area contributed by atoms with Crippen molar-refractivity contribution in [3.8, 4) is 0 Å². The maximum atomic E-state index is 11.7. The van der Waals surface area contributed by atoms with Gasteiger partial charge < -0.3 is 10.6 Å². The molecule has 0 saturated carbocycles. The van der Waals surface area contributed by atoms with Crippen LogP contribution in [0, 0.1) is 6.92 Å². The Morgan fingerprint density at radius 1 is 1.69 bits per heavy atom. The van der Waals surface area contributed by atoms with Crippen LogP contribution in [0.3, 0.4) is 0 Å². The van der Waals surface area contributed by atoms with Gasteiger partial charge in [0.05, 0.1) is 6.54 Å². The fourth-order valence-corrected chi connectivity index (χ4v) is 2.02. The topological polar surface area (TPSA) is 83.1 Å². The van der Waals surface area contributed by atoms with Crippen molar-refractivity contribution in [2.24, 2.45) is 0 Å². The van der Waals surface area contributed by atoms with Gasteiger partial charge in [-0.25, -0.2) is 4.98 Å². The van der Waals surface area contributed by atoms with Gasteiger partial charge >= 0.3 is 0 Å². The molecule has 0 spiro atoms. The molecule has 1 aromatic heterocycles. The Kier molecular flexibility index (Phi) is 3.16. The van der Waals surface area contributed by atoms with E-state index >= 15 is 0 Å². The van der Waals surface area contributed by atoms with Gasteiger partial charge in [0.25, 0.3) is 0 Å². The SMILES string of the molecule is Cc1cnc(NC(=O)C2CNC(=O)CN2)s1. The second-order valence-electron chi connectivity index (χ2n) is 3.50. The number of hydrogen-bond acceptors (Lipinski definition) is 5. The Labute approximate surface area is 96.4 Å². The fourth-order valence-electron chi connectivity index (χ4n) is 1.36. The molecule has 1 aliphatic heterocycles. The van der Waals surface area contributed by atoms with E-state index in [1.807, 2.05) is 6.92 Å². The molecule has 1 atom stereocenters. The van der Waals surface area contributed by atoms with Crippen molar-refractivity contribution < 1.29 is 9.59 Å². The van der Waals surface area contributed by atoms with Crippen molar-refractivity contribution in [1.82, 2.24) is 15.6 Å². The van der Waals surface area contributed by atoms with E-state index in [-0.39, 0.29) is 24.4 Å². The van der Waals surface area contributed by atoms with Crippen LogP contribution in [-0.2, 0) is 9.59 Å². The summed E-state index contributed by atoms with van der Waals surface area (Å²) in [6.45, 7) is 2.41. The summed E-state index contributed by atoms with van der Waals surface area (Å²) in [6, 6.07) is -0.387. The highest BCUT2D eigenvalue weighted by atomic mass is 32.1. The van der Waals surface area contributed by atoms with Crippen molar-refractivity contribution in [3.63, 3.8) is 0 Å². The van der Waals surface area contributed by atoms with Crippen LogP contribution in [0.5, 0.6) is 0 Å². The van der Waals surface area contributed by atoms with E-state index in [0.29, 0.717) is 11.7 Å². The summed E-state index contributed by atoms with van der Waals surface area (Å²) in [4.78, 5) is 27.7. The van der Waals surface area contributed by atoms with E-state index in [2.05, 4.69) is 20.9 Å². The molecule has 6 nitrogen and oxygen atoms in total. The molecule has 0 radical (unpaired) electrons. The van der Waals surface area contributed by atoms with E-state index in [9.17, 15) is 9.59 Å². The first-order valence-electron chi connectivity index (χ1n) is 4.88. The summed E-state index contributed by atoms with van der Waals surface area (Å²) in [5.41, 5.74) is 0. The average molecular weight is 240 g/mol. The van der Waals surface area contributed by atoms with E-state index in [4.69, 9.17) is 0 Å². The third-order valence-electron chi connectivity index (χ3n) is 2.18. The highest BCUT2D eigenvalue weighted by Gasteiger charge is 2.24. The predicted octanol–water partition coefficient (Wildman–Crippen LogP) is -0.522. The van der Waals surface area contributed by atoms with Gasteiger partial charge in [0.2, 0.25) is 11.8 Å². The minimum absolute atomic E-state index is 0.0888. The summed E-state index contributed by atoms with van der Waals surface area (Å²) in [5.74, 6) is -0.261. The van der Waals surface area contributed by atoms with E-state index in [1.54, 1.807) is 6.20 Å². The number of piperazine rings is 1. The first-order chi connectivity index (χ1) is 7.65. The van der Waals surface area contributed by atoms with E-state index in [1.165, 1.54) is 11.3 Å². The van der Waals surface area contributed by atoms with Crippen molar-refractivity contribution in [2.45, 2.75) is 13.0 Å². The molecule has 0 aromatic carbocycles. The summed E-state index contributed by atoms with van der Waals surface area (Å²) in [5, 5.41) is 8.76. The minimum atomic E-state index is -0.387. The van der Waals surface area contributed by atoms with Crippen LogP contribution < -0.4 is 16.0 Å². The number of aryl methyl sites for hydroxylation is 1. The van der Waals surface area contributed by atoms with Crippen molar-refractivity contribution >= 4 is 28.3 Å². The van der Waals surface area contributed by atoms with Crippen molar-refractivity contribution in [1.29, 1.82) is 0 Å². The number of anilines is 1. The lowest BCUT2D eigenvalue weighted by molar-refractivity contribution is -0.124. The van der Waals surface area contributed by atoms with Gasteiger partial charge in [0.15, 0.2) is 5.13 Å². The van der Waals surface area contributed by atoms with Gasteiger partial charge in [0, 0.05) is 17.6 Å². The number of nitrogens with one attached hydrogen (secondary N) is 3. The lowest BCUT2D eigenvalue weighted by atomic mass is 10.2. The zero-order chi connectivity index (χ0) is 11.5. The fraction of sp³-hybridized carbons (Fsp3) is 0.444. The number of rotatable bonds is 2. The standard InChI is InChI=1S/C9H12N4O2S/c1-5-2-12-9(16-5)13-8(15)6-3-11-7(14)4-10-6/h2,6,10H,3-4H2,1H3,(H,11,14)(H,12,13,15). The molecule has 2 amide bonds. The van der Waals surface area contributed by atoms with Gasteiger partial charge in [0.1, 0.15) is 6.04 Å². The lowest BCUT2D eigenvalue weighted by Gasteiger charge is -2.22. The quantitative estimate of drug-likeness (QED) is 0.649. The molecular formula is C9H12N4O2S. The minimum Gasteiger partial charge on any atom is -0.353 e.